The van der Waals surface area contributed by atoms with Crippen molar-refractivity contribution >= 4 is 32.5 Å². The summed E-state index contributed by atoms with van der Waals surface area (Å²) < 4.78 is 29.4. The zero-order valence-corrected chi connectivity index (χ0v) is 13.4. The minimum atomic E-state index is -3.38. The van der Waals surface area contributed by atoms with Gasteiger partial charge < -0.3 is 8.98 Å². The third-order valence-electron chi connectivity index (χ3n) is 3.34. The van der Waals surface area contributed by atoms with Gasteiger partial charge in [0.2, 0.25) is 0 Å². The van der Waals surface area contributed by atoms with E-state index in [9.17, 15) is 18.0 Å². The molecule has 9 heteroatoms. The van der Waals surface area contributed by atoms with Crippen molar-refractivity contribution in [3.05, 3.63) is 62.0 Å². The van der Waals surface area contributed by atoms with Crippen LogP contribution in [0.15, 0.2) is 49.4 Å². The SMILES string of the molecule is CS(=O)(=O)c1ccc(Cl)c(Cn2ccc3oc(=O)[nH]c3c2=O)c1. The first-order valence-electron chi connectivity index (χ1n) is 6.46. The van der Waals surface area contributed by atoms with Crippen molar-refractivity contribution in [3.63, 3.8) is 0 Å². The number of nitrogens with zero attached hydrogens (tertiary/aromatic N) is 1. The van der Waals surface area contributed by atoms with Crippen LogP contribution in [0.5, 0.6) is 0 Å². The molecule has 0 radical (unpaired) electrons. The highest BCUT2D eigenvalue weighted by atomic mass is 35.5. The highest BCUT2D eigenvalue weighted by molar-refractivity contribution is 7.90. The molecule has 0 amide bonds. The van der Waals surface area contributed by atoms with Crippen molar-refractivity contribution in [3.8, 4) is 0 Å². The van der Waals surface area contributed by atoms with Crippen LogP contribution in [0.3, 0.4) is 0 Å². The molecule has 120 valence electrons. The summed E-state index contributed by atoms with van der Waals surface area (Å²) in [7, 11) is -3.38. The van der Waals surface area contributed by atoms with Crippen LogP contribution in [-0.2, 0) is 16.4 Å². The van der Waals surface area contributed by atoms with Crippen LogP contribution in [0.4, 0.5) is 0 Å². The maximum Gasteiger partial charge on any atom is 0.417 e. The first kappa shape index (κ1) is 15.6. The van der Waals surface area contributed by atoms with E-state index < -0.39 is 21.2 Å². The molecule has 1 N–H and O–H groups in total. The Morgan fingerprint density at radius 1 is 1.26 bits per heavy atom. The van der Waals surface area contributed by atoms with E-state index in [4.69, 9.17) is 16.0 Å². The second-order valence-corrected chi connectivity index (χ2v) is 7.45. The number of rotatable bonds is 3. The van der Waals surface area contributed by atoms with Crippen LogP contribution in [0, 0.1) is 0 Å². The molecule has 23 heavy (non-hydrogen) atoms. The number of fused-ring (bicyclic) bond motifs is 1. The van der Waals surface area contributed by atoms with Gasteiger partial charge in [0, 0.05) is 17.5 Å². The van der Waals surface area contributed by atoms with Gasteiger partial charge in [0.25, 0.3) is 5.56 Å². The molecule has 0 fully saturated rings. The van der Waals surface area contributed by atoms with Gasteiger partial charge >= 0.3 is 5.76 Å². The molecule has 0 saturated heterocycles. The number of hydrogen-bond acceptors (Lipinski definition) is 5. The summed E-state index contributed by atoms with van der Waals surface area (Å²) in [5.41, 5.74) is 0.219. The van der Waals surface area contributed by atoms with E-state index in [-0.39, 0.29) is 22.5 Å². The van der Waals surface area contributed by atoms with Crippen LogP contribution >= 0.6 is 11.6 Å². The maximum atomic E-state index is 12.3. The molecule has 0 aliphatic heterocycles. The number of halogens is 1. The second-order valence-electron chi connectivity index (χ2n) is 5.03. The molecule has 2 heterocycles. The minimum Gasteiger partial charge on any atom is -0.408 e. The van der Waals surface area contributed by atoms with Crippen LogP contribution in [0.25, 0.3) is 11.1 Å². The lowest BCUT2D eigenvalue weighted by molar-refractivity contribution is 0.555. The number of benzene rings is 1. The molecule has 0 aliphatic rings. The summed E-state index contributed by atoms with van der Waals surface area (Å²) in [6.45, 7) is 0.0597. The Bertz CT molecular complexity index is 1120. The van der Waals surface area contributed by atoms with Gasteiger partial charge in [-0.1, -0.05) is 11.6 Å². The summed E-state index contributed by atoms with van der Waals surface area (Å²) in [6, 6.07) is 5.77. The Balaban J connectivity index is 2.11. The van der Waals surface area contributed by atoms with Gasteiger partial charge in [-0.3, -0.25) is 9.78 Å². The van der Waals surface area contributed by atoms with E-state index in [1.807, 2.05) is 0 Å². The second kappa shape index (κ2) is 5.39. The van der Waals surface area contributed by atoms with Crippen molar-refractivity contribution in [1.29, 1.82) is 0 Å². The lowest BCUT2D eigenvalue weighted by atomic mass is 10.2. The predicted octanol–water partition coefficient (Wildman–Crippen LogP) is 1.39. The molecule has 0 atom stereocenters. The molecule has 0 saturated carbocycles. The van der Waals surface area contributed by atoms with Gasteiger partial charge in [-0.2, -0.15) is 0 Å². The third-order valence-corrected chi connectivity index (χ3v) is 4.82. The van der Waals surface area contributed by atoms with Gasteiger partial charge in [-0.25, -0.2) is 13.2 Å². The number of aromatic amines is 1. The van der Waals surface area contributed by atoms with E-state index in [1.54, 1.807) is 0 Å². The number of hydrogen-bond donors (Lipinski definition) is 1. The fraction of sp³-hybridized carbons (Fsp3) is 0.143. The molecule has 3 rings (SSSR count). The average molecular weight is 355 g/mol. The molecule has 0 bridgehead atoms. The van der Waals surface area contributed by atoms with Gasteiger partial charge in [-0.05, 0) is 29.8 Å². The molecule has 0 spiro atoms. The lowest BCUT2D eigenvalue weighted by Crippen LogP contribution is -2.20. The number of H-pyrrole nitrogens is 1. The van der Waals surface area contributed by atoms with E-state index in [0.717, 1.165) is 6.26 Å². The van der Waals surface area contributed by atoms with Crippen LogP contribution in [0.1, 0.15) is 5.56 Å². The standard InChI is InChI=1S/C14H11ClN2O5S/c1-23(20,21)9-2-3-10(15)8(6-9)7-17-5-4-11-12(13(17)18)16-14(19)22-11/h2-6H,7H2,1H3,(H,16,19). The van der Waals surface area contributed by atoms with Crippen molar-refractivity contribution < 1.29 is 12.8 Å². The summed E-state index contributed by atoms with van der Waals surface area (Å²) in [4.78, 5) is 25.9. The number of pyridine rings is 1. The summed E-state index contributed by atoms with van der Waals surface area (Å²) in [5.74, 6) is -0.716. The Morgan fingerprint density at radius 3 is 2.70 bits per heavy atom. The van der Waals surface area contributed by atoms with Crippen molar-refractivity contribution in [2.24, 2.45) is 0 Å². The fourth-order valence-electron chi connectivity index (χ4n) is 2.20. The van der Waals surface area contributed by atoms with Gasteiger partial charge in [0.1, 0.15) is 0 Å². The number of sulfone groups is 1. The Kier molecular flexibility index (Phi) is 3.65. The van der Waals surface area contributed by atoms with Crippen molar-refractivity contribution in [2.75, 3.05) is 6.26 Å². The summed E-state index contributed by atoms with van der Waals surface area (Å²) in [6.07, 6.45) is 2.54. The number of oxazole rings is 1. The smallest absolute Gasteiger partial charge is 0.408 e. The number of nitrogens with one attached hydrogen (secondary N) is 1. The fourth-order valence-corrected chi connectivity index (χ4v) is 3.05. The topological polar surface area (TPSA) is 102 Å². The maximum absolute atomic E-state index is 12.3. The van der Waals surface area contributed by atoms with Gasteiger partial charge in [0.05, 0.1) is 11.4 Å². The molecular weight excluding hydrogens is 344 g/mol. The zero-order chi connectivity index (χ0) is 16.8. The highest BCUT2D eigenvalue weighted by Gasteiger charge is 2.13. The molecule has 1 aromatic carbocycles. The van der Waals surface area contributed by atoms with E-state index in [2.05, 4.69) is 4.98 Å². The largest absolute Gasteiger partial charge is 0.417 e. The first-order chi connectivity index (χ1) is 10.8. The minimum absolute atomic E-state index is 0.0490. The quantitative estimate of drug-likeness (QED) is 0.765. The summed E-state index contributed by atoms with van der Waals surface area (Å²) >= 11 is 6.08. The third kappa shape index (κ3) is 2.95. The van der Waals surface area contributed by atoms with Gasteiger partial charge in [-0.15, -0.1) is 0 Å². The van der Waals surface area contributed by atoms with Crippen molar-refractivity contribution in [1.82, 2.24) is 9.55 Å². The zero-order valence-electron chi connectivity index (χ0n) is 11.9. The molecular formula is C14H11ClN2O5S. The highest BCUT2D eigenvalue weighted by Crippen LogP contribution is 2.21. The van der Waals surface area contributed by atoms with Gasteiger partial charge in [0.15, 0.2) is 20.9 Å². The summed E-state index contributed by atoms with van der Waals surface area (Å²) in [5, 5.41) is 0.338. The molecule has 0 aliphatic carbocycles. The van der Waals surface area contributed by atoms with Crippen LogP contribution < -0.4 is 11.3 Å². The number of aromatic nitrogens is 2. The predicted molar refractivity (Wildman–Crippen MR) is 84.8 cm³/mol. The van der Waals surface area contributed by atoms with Crippen molar-refractivity contribution in [2.45, 2.75) is 11.4 Å². The van der Waals surface area contributed by atoms with E-state index in [1.165, 1.54) is 35.0 Å². The molecule has 0 unspecified atom stereocenters. The normalized spacial score (nSPS) is 11.9. The van der Waals surface area contributed by atoms with Crippen LogP contribution in [-0.4, -0.2) is 24.2 Å². The molecule has 3 aromatic rings. The average Bonchev–Trinajstić information content (AvgIpc) is 2.84. The molecule has 7 nitrogen and oxygen atoms in total. The van der Waals surface area contributed by atoms with E-state index in [0.29, 0.717) is 10.6 Å². The molecule has 2 aromatic heterocycles. The van der Waals surface area contributed by atoms with Crippen LogP contribution in [0.2, 0.25) is 5.02 Å². The monoisotopic (exact) mass is 354 g/mol. The lowest BCUT2D eigenvalue weighted by Gasteiger charge is -2.09. The van der Waals surface area contributed by atoms with E-state index >= 15 is 0 Å². The first-order valence-corrected chi connectivity index (χ1v) is 8.73. The Labute approximate surface area is 135 Å². The Morgan fingerprint density at radius 2 is 2.00 bits per heavy atom. The Hall–Kier alpha value is -2.32.